The van der Waals surface area contributed by atoms with Gasteiger partial charge in [0.2, 0.25) is 0 Å². The highest BCUT2D eigenvalue weighted by Gasteiger charge is 2.21. The lowest BCUT2D eigenvalue weighted by atomic mass is 9.80. The van der Waals surface area contributed by atoms with Crippen molar-refractivity contribution in [2.75, 3.05) is 6.54 Å². The second-order valence-electron chi connectivity index (χ2n) is 5.56. The lowest BCUT2D eigenvalue weighted by Gasteiger charge is -2.30. The minimum atomic E-state index is 0.477. The molecule has 94 valence electrons. The van der Waals surface area contributed by atoms with Crippen molar-refractivity contribution in [2.45, 2.75) is 45.6 Å². The van der Waals surface area contributed by atoms with Gasteiger partial charge in [0.25, 0.3) is 0 Å². The van der Waals surface area contributed by atoms with Crippen LogP contribution in [0.3, 0.4) is 0 Å². The fraction of sp³-hybridized carbons (Fsp3) is 0.625. The van der Waals surface area contributed by atoms with Crippen molar-refractivity contribution in [1.29, 1.82) is 0 Å². The predicted molar refractivity (Wildman–Crippen MR) is 74.0 cm³/mol. The number of hydrogen-bond acceptors (Lipinski definition) is 1. The molecule has 1 saturated carbocycles. The summed E-state index contributed by atoms with van der Waals surface area (Å²) in [7, 11) is 0. The Kier molecular flexibility index (Phi) is 4.61. The van der Waals surface area contributed by atoms with Gasteiger partial charge in [-0.05, 0) is 37.3 Å². The first kappa shape index (κ1) is 12.6. The molecule has 0 aliphatic heterocycles. The molecule has 1 aliphatic carbocycles. The monoisotopic (exact) mass is 231 g/mol. The number of nitrogens with one attached hydrogen (secondary N) is 1. The second kappa shape index (κ2) is 6.20. The molecule has 1 N–H and O–H groups in total. The van der Waals surface area contributed by atoms with Gasteiger partial charge < -0.3 is 5.32 Å². The van der Waals surface area contributed by atoms with E-state index in [1.165, 1.54) is 37.8 Å². The van der Waals surface area contributed by atoms with Crippen LogP contribution < -0.4 is 5.32 Å². The molecule has 1 aromatic carbocycles. The van der Waals surface area contributed by atoms with Gasteiger partial charge in [0.1, 0.15) is 0 Å². The maximum Gasteiger partial charge on any atom is 0.0291 e. The van der Waals surface area contributed by atoms with Crippen molar-refractivity contribution in [3.05, 3.63) is 35.9 Å². The molecule has 3 unspecified atom stereocenters. The SMILES string of the molecule is CC(NCC1CCCCC1C)c1ccccc1. The first-order valence-electron chi connectivity index (χ1n) is 7.05. The van der Waals surface area contributed by atoms with Crippen LogP contribution in [0.25, 0.3) is 0 Å². The van der Waals surface area contributed by atoms with Crippen molar-refractivity contribution in [2.24, 2.45) is 11.8 Å². The molecule has 0 heterocycles. The molecule has 0 aromatic heterocycles. The fourth-order valence-electron chi connectivity index (χ4n) is 2.88. The van der Waals surface area contributed by atoms with Crippen LogP contribution in [0.1, 0.15) is 51.1 Å². The number of hydrogen-bond donors (Lipinski definition) is 1. The van der Waals surface area contributed by atoms with Crippen LogP contribution in [0.4, 0.5) is 0 Å². The Morgan fingerprint density at radius 3 is 2.59 bits per heavy atom. The summed E-state index contributed by atoms with van der Waals surface area (Å²) in [6.45, 7) is 5.86. The fourth-order valence-corrected chi connectivity index (χ4v) is 2.88. The zero-order valence-electron chi connectivity index (χ0n) is 11.2. The average Bonchev–Trinajstić information content (AvgIpc) is 2.38. The summed E-state index contributed by atoms with van der Waals surface area (Å²) >= 11 is 0. The van der Waals surface area contributed by atoms with Gasteiger partial charge in [-0.2, -0.15) is 0 Å². The highest BCUT2D eigenvalue weighted by atomic mass is 14.9. The quantitative estimate of drug-likeness (QED) is 0.820. The van der Waals surface area contributed by atoms with Gasteiger partial charge in [0, 0.05) is 6.04 Å². The Hall–Kier alpha value is -0.820. The van der Waals surface area contributed by atoms with E-state index >= 15 is 0 Å². The minimum Gasteiger partial charge on any atom is -0.310 e. The van der Waals surface area contributed by atoms with Gasteiger partial charge in [-0.25, -0.2) is 0 Å². The van der Waals surface area contributed by atoms with Crippen LogP contribution in [-0.4, -0.2) is 6.54 Å². The molecule has 1 aromatic rings. The van der Waals surface area contributed by atoms with Crippen molar-refractivity contribution in [3.8, 4) is 0 Å². The van der Waals surface area contributed by atoms with Gasteiger partial charge in [0.05, 0.1) is 0 Å². The Morgan fingerprint density at radius 1 is 1.18 bits per heavy atom. The van der Waals surface area contributed by atoms with Crippen LogP contribution in [0.15, 0.2) is 30.3 Å². The molecule has 0 radical (unpaired) electrons. The average molecular weight is 231 g/mol. The molecule has 3 atom stereocenters. The van der Waals surface area contributed by atoms with Gasteiger partial charge in [-0.1, -0.05) is 56.5 Å². The maximum atomic E-state index is 3.70. The van der Waals surface area contributed by atoms with E-state index in [-0.39, 0.29) is 0 Å². The Labute approximate surface area is 106 Å². The normalized spacial score (nSPS) is 26.7. The maximum absolute atomic E-state index is 3.70. The topological polar surface area (TPSA) is 12.0 Å². The number of benzene rings is 1. The minimum absolute atomic E-state index is 0.477. The van der Waals surface area contributed by atoms with E-state index in [4.69, 9.17) is 0 Å². The molecule has 1 nitrogen and oxygen atoms in total. The van der Waals surface area contributed by atoms with Crippen molar-refractivity contribution >= 4 is 0 Å². The Bertz CT molecular complexity index is 320. The second-order valence-corrected chi connectivity index (χ2v) is 5.56. The zero-order valence-corrected chi connectivity index (χ0v) is 11.2. The molecule has 2 rings (SSSR count). The van der Waals surface area contributed by atoms with Gasteiger partial charge >= 0.3 is 0 Å². The third-order valence-corrected chi connectivity index (χ3v) is 4.27. The molecule has 0 saturated heterocycles. The molecule has 1 aliphatic rings. The van der Waals surface area contributed by atoms with Gasteiger partial charge in [0.15, 0.2) is 0 Å². The molecule has 0 bridgehead atoms. The standard InChI is InChI=1S/C16H25N/c1-13-8-6-7-11-16(13)12-17-14(2)15-9-4-3-5-10-15/h3-5,9-10,13-14,16-17H,6-8,11-12H2,1-2H3. The molecule has 1 fully saturated rings. The summed E-state index contributed by atoms with van der Waals surface area (Å²) in [5.41, 5.74) is 1.40. The van der Waals surface area contributed by atoms with Crippen molar-refractivity contribution < 1.29 is 0 Å². The first-order chi connectivity index (χ1) is 8.27. The molecule has 1 heteroatoms. The Morgan fingerprint density at radius 2 is 1.88 bits per heavy atom. The summed E-state index contributed by atoms with van der Waals surface area (Å²) in [5.74, 6) is 1.79. The van der Waals surface area contributed by atoms with E-state index in [1.54, 1.807) is 0 Å². The van der Waals surface area contributed by atoms with Crippen molar-refractivity contribution in [1.82, 2.24) is 5.32 Å². The molecular formula is C16H25N. The third-order valence-electron chi connectivity index (χ3n) is 4.27. The molecule has 0 amide bonds. The summed E-state index contributed by atoms with van der Waals surface area (Å²) < 4.78 is 0. The summed E-state index contributed by atoms with van der Waals surface area (Å²) in [5, 5.41) is 3.70. The van der Waals surface area contributed by atoms with Gasteiger partial charge in [-0.3, -0.25) is 0 Å². The van der Waals surface area contributed by atoms with Gasteiger partial charge in [-0.15, -0.1) is 0 Å². The highest BCUT2D eigenvalue weighted by molar-refractivity contribution is 5.17. The lowest BCUT2D eigenvalue weighted by molar-refractivity contribution is 0.242. The third kappa shape index (κ3) is 3.57. The van der Waals surface area contributed by atoms with E-state index in [0.29, 0.717) is 6.04 Å². The van der Waals surface area contributed by atoms with Crippen molar-refractivity contribution in [3.63, 3.8) is 0 Å². The van der Waals surface area contributed by atoms with Crippen LogP contribution in [0.5, 0.6) is 0 Å². The Balaban J connectivity index is 1.81. The van der Waals surface area contributed by atoms with Crippen LogP contribution in [-0.2, 0) is 0 Å². The smallest absolute Gasteiger partial charge is 0.0291 e. The van der Waals surface area contributed by atoms with E-state index < -0.39 is 0 Å². The van der Waals surface area contributed by atoms with Crippen LogP contribution in [0, 0.1) is 11.8 Å². The predicted octanol–water partition coefficient (Wildman–Crippen LogP) is 4.16. The summed E-state index contributed by atoms with van der Waals surface area (Å²) in [4.78, 5) is 0. The zero-order chi connectivity index (χ0) is 12.1. The van der Waals surface area contributed by atoms with Crippen LogP contribution in [0.2, 0.25) is 0 Å². The molecule has 17 heavy (non-hydrogen) atoms. The summed E-state index contributed by atoms with van der Waals surface area (Å²) in [6, 6.07) is 11.2. The molecule has 0 spiro atoms. The highest BCUT2D eigenvalue weighted by Crippen LogP contribution is 2.29. The van der Waals surface area contributed by atoms with E-state index in [9.17, 15) is 0 Å². The van der Waals surface area contributed by atoms with E-state index in [0.717, 1.165) is 11.8 Å². The largest absolute Gasteiger partial charge is 0.310 e. The lowest BCUT2D eigenvalue weighted by Crippen LogP contribution is -2.31. The van der Waals surface area contributed by atoms with E-state index in [1.807, 2.05) is 0 Å². The summed E-state index contributed by atoms with van der Waals surface area (Å²) in [6.07, 6.45) is 5.70. The van der Waals surface area contributed by atoms with E-state index in [2.05, 4.69) is 49.5 Å². The molecular weight excluding hydrogens is 206 g/mol. The number of rotatable bonds is 4. The first-order valence-corrected chi connectivity index (χ1v) is 7.05. The van der Waals surface area contributed by atoms with Crippen LogP contribution >= 0.6 is 0 Å².